The van der Waals surface area contributed by atoms with E-state index in [-0.39, 0.29) is 5.82 Å². The zero-order valence-electron chi connectivity index (χ0n) is 11.4. The summed E-state index contributed by atoms with van der Waals surface area (Å²) in [5, 5.41) is 0. The number of nitrogens with two attached hydrogens (primary N) is 1. The Hall–Kier alpha value is -1.66. The average Bonchev–Trinajstić information content (AvgIpc) is 2.78. The van der Waals surface area contributed by atoms with Gasteiger partial charge in [-0.3, -0.25) is 4.90 Å². The summed E-state index contributed by atoms with van der Waals surface area (Å²) in [7, 11) is 0. The summed E-state index contributed by atoms with van der Waals surface area (Å²) in [6, 6.07) is 4.96. The normalized spacial score (nSPS) is 16.9. The lowest BCUT2D eigenvalue weighted by molar-refractivity contribution is 0.0370. The summed E-state index contributed by atoms with van der Waals surface area (Å²) >= 11 is 0. The van der Waals surface area contributed by atoms with Crippen molar-refractivity contribution in [3.63, 3.8) is 0 Å². The number of nitrogens with zero attached hydrogens (tertiary/aromatic N) is 3. The number of halogens is 1. The van der Waals surface area contributed by atoms with Crippen LogP contribution < -0.4 is 5.73 Å². The summed E-state index contributed by atoms with van der Waals surface area (Å²) in [6.07, 6.45) is 0.964. The van der Waals surface area contributed by atoms with Crippen molar-refractivity contribution >= 4 is 17.0 Å². The number of anilines is 1. The topological polar surface area (TPSA) is 56.3 Å². The van der Waals surface area contributed by atoms with E-state index in [2.05, 4.69) is 9.88 Å². The molecule has 5 nitrogen and oxygen atoms in total. The molecule has 1 aromatic carbocycles. The van der Waals surface area contributed by atoms with Crippen LogP contribution in [0.3, 0.4) is 0 Å². The third kappa shape index (κ3) is 2.62. The number of para-hydroxylation sites is 1. The van der Waals surface area contributed by atoms with Gasteiger partial charge in [-0.2, -0.15) is 0 Å². The van der Waals surface area contributed by atoms with Gasteiger partial charge in [0.2, 0.25) is 5.95 Å². The van der Waals surface area contributed by atoms with Gasteiger partial charge in [0.25, 0.3) is 0 Å². The Morgan fingerprint density at radius 2 is 2.05 bits per heavy atom. The fraction of sp³-hybridized carbons (Fsp3) is 0.500. The molecule has 0 radical (unpaired) electrons. The molecule has 1 aliphatic rings. The zero-order valence-corrected chi connectivity index (χ0v) is 11.4. The molecular weight excluding hydrogens is 259 g/mol. The molecule has 0 atom stereocenters. The molecule has 2 aromatic rings. The molecule has 20 heavy (non-hydrogen) atoms. The standard InChI is InChI=1S/C14H19FN4O/c15-11-3-1-4-12-13(11)17-14(16)19(12)6-2-5-18-7-9-20-10-8-18/h1,3-4H,2,5-10H2,(H2,16,17). The summed E-state index contributed by atoms with van der Waals surface area (Å²) in [4.78, 5) is 6.48. The van der Waals surface area contributed by atoms with Gasteiger partial charge in [0.1, 0.15) is 5.52 Å². The maximum Gasteiger partial charge on any atom is 0.201 e. The first-order valence-corrected chi connectivity index (χ1v) is 6.96. The van der Waals surface area contributed by atoms with Gasteiger partial charge in [0.15, 0.2) is 5.82 Å². The molecule has 0 bridgehead atoms. The SMILES string of the molecule is Nc1nc2c(F)cccc2n1CCCN1CCOCC1. The van der Waals surface area contributed by atoms with Gasteiger partial charge in [-0.05, 0) is 18.6 Å². The lowest BCUT2D eigenvalue weighted by Gasteiger charge is -2.26. The van der Waals surface area contributed by atoms with Crippen molar-refractivity contribution in [3.8, 4) is 0 Å². The molecule has 6 heteroatoms. The number of nitrogen functional groups attached to an aromatic ring is 1. The minimum atomic E-state index is -0.318. The van der Waals surface area contributed by atoms with Crippen LogP contribution >= 0.6 is 0 Å². The van der Waals surface area contributed by atoms with Crippen LogP contribution in [-0.2, 0) is 11.3 Å². The fourth-order valence-corrected chi connectivity index (χ4v) is 2.64. The molecule has 108 valence electrons. The van der Waals surface area contributed by atoms with Crippen molar-refractivity contribution in [3.05, 3.63) is 24.0 Å². The maximum atomic E-state index is 13.6. The van der Waals surface area contributed by atoms with E-state index in [9.17, 15) is 4.39 Å². The number of aryl methyl sites for hydroxylation is 1. The van der Waals surface area contributed by atoms with Crippen LogP contribution in [0.2, 0.25) is 0 Å². The monoisotopic (exact) mass is 278 g/mol. The average molecular weight is 278 g/mol. The highest BCUT2D eigenvalue weighted by Crippen LogP contribution is 2.20. The molecule has 1 aromatic heterocycles. The van der Waals surface area contributed by atoms with Crippen molar-refractivity contribution in [1.29, 1.82) is 0 Å². The van der Waals surface area contributed by atoms with E-state index in [0.717, 1.165) is 51.3 Å². The second-order valence-electron chi connectivity index (χ2n) is 5.04. The number of aromatic nitrogens is 2. The Labute approximate surface area is 117 Å². The van der Waals surface area contributed by atoms with Gasteiger partial charge >= 0.3 is 0 Å². The molecule has 2 N–H and O–H groups in total. The highest BCUT2D eigenvalue weighted by Gasteiger charge is 2.13. The number of benzene rings is 1. The molecule has 0 aliphatic carbocycles. The Morgan fingerprint density at radius 1 is 1.25 bits per heavy atom. The van der Waals surface area contributed by atoms with Crippen LogP contribution in [-0.4, -0.2) is 47.3 Å². The van der Waals surface area contributed by atoms with Gasteiger partial charge < -0.3 is 15.0 Å². The van der Waals surface area contributed by atoms with Gasteiger partial charge in [-0.15, -0.1) is 0 Å². The lowest BCUT2D eigenvalue weighted by Crippen LogP contribution is -2.37. The second-order valence-corrected chi connectivity index (χ2v) is 5.04. The van der Waals surface area contributed by atoms with E-state index in [1.807, 2.05) is 10.6 Å². The molecule has 0 unspecified atom stereocenters. The molecular formula is C14H19FN4O. The quantitative estimate of drug-likeness (QED) is 0.920. The molecule has 0 saturated carbocycles. The van der Waals surface area contributed by atoms with Crippen LogP contribution in [0.15, 0.2) is 18.2 Å². The third-order valence-electron chi connectivity index (χ3n) is 3.72. The van der Waals surface area contributed by atoms with Gasteiger partial charge in [0.05, 0.1) is 18.7 Å². The van der Waals surface area contributed by atoms with Gasteiger partial charge in [-0.25, -0.2) is 9.37 Å². The predicted molar refractivity (Wildman–Crippen MR) is 76.0 cm³/mol. The minimum Gasteiger partial charge on any atom is -0.379 e. The number of hydrogen-bond acceptors (Lipinski definition) is 4. The van der Waals surface area contributed by atoms with Crippen LogP contribution in [0.5, 0.6) is 0 Å². The number of rotatable bonds is 4. The fourth-order valence-electron chi connectivity index (χ4n) is 2.64. The van der Waals surface area contributed by atoms with E-state index < -0.39 is 0 Å². The number of hydrogen-bond donors (Lipinski definition) is 1. The Kier molecular flexibility index (Phi) is 3.84. The third-order valence-corrected chi connectivity index (χ3v) is 3.72. The largest absolute Gasteiger partial charge is 0.379 e. The summed E-state index contributed by atoms with van der Waals surface area (Å²) < 4.78 is 20.9. The lowest BCUT2D eigenvalue weighted by atomic mass is 10.3. The van der Waals surface area contributed by atoms with Gasteiger partial charge in [-0.1, -0.05) is 6.07 Å². The molecule has 1 fully saturated rings. The van der Waals surface area contributed by atoms with E-state index in [1.54, 1.807) is 6.07 Å². The summed E-state index contributed by atoms with van der Waals surface area (Å²) in [5.74, 6) is 0.0632. The van der Waals surface area contributed by atoms with Crippen LogP contribution in [0.4, 0.5) is 10.3 Å². The highest BCUT2D eigenvalue weighted by atomic mass is 19.1. The number of ether oxygens (including phenoxy) is 1. The molecule has 0 amide bonds. The van der Waals surface area contributed by atoms with E-state index in [0.29, 0.717) is 11.5 Å². The minimum absolute atomic E-state index is 0.318. The first-order valence-electron chi connectivity index (χ1n) is 6.96. The summed E-state index contributed by atoms with van der Waals surface area (Å²) in [5.41, 5.74) is 7.02. The zero-order chi connectivity index (χ0) is 13.9. The Bertz CT molecular complexity index is 592. The molecule has 3 rings (SSSR count). The number of morpholine rings is 1. The Balaban J connectivity index is 1.68. The summed E-state index contributed by atoms with van der Waals surface area (Å²) in [6.45, 7) is 5.33. The van der Waals surface area contributed by atoms with Gasteiger partial charge in [0, 0.05) is 26.2 Å². The van der Waals surface area contributed by atoms with Crippen LogP contribution in [0, 0.1) is 5.82 Å². The first-order chi connectivity index (χ1) is 9.75. The Morgan fingerprint density at radius 3 is 2.85 bits per heavy atom. The molecule has 2 heterocycles. The maximum absolute atomic E-state index is 13.6. The highest BCUT2D eigenvalue weighted by molar-refractivity contribution is 5.78. The second kappa shape index (κ2) is 5.76. The van der Waals surface area contributed by atoms with Crippen molar-refractivity contribution in [2.24, 2.45) is 0 Å². The molecule has 1 saturated heterocycles. The van der Waals surface area contributed by atoms with Crippen molar-refractivity contribution in [1.82, 2.24) is 14.5 Å². The van der Waals surface area contributed by atoms with E-state index in [1.165, 1.54) is 6.07 Å². The van der Waals surface area contributed by atoms with Crippen LogP contribution in [0.1, 0.15) is 6.42 Å². The molecule has 1 aliphatic heterocycles. The van der Waals surface area contributed by atoms with E-state index in [4.69, 9.17) is 10.5 Å². The van der Waals surface area contributed by atoms with Crippen LogP contribution in [0.25, 0.3) is 11.0 Å². The van der Waals surface area contributed by atoms with Crippen molar-refractivity contribution < 1.29 is 9.13 Å². The van der Waals surface area contributed by atoms with Crippen molar-refractivity contribution in [2.45, 2.75) is 13.0 Å². The first kappa shape index (κ1) is 13.3. The molecule has 0 spiro atoms. The predicted octanol–water partition coefficient (Wildman–Crippen LogP) is 1.48. The van der Waals surface area contributed by atoms with E-state index >= 15 is 0 Å². The number of fused-ring (bicyclic) bond motifs is 1. The number of imidazole rings is 1. The van der Waals surface area contributed by atoms with Crippen molar-refractivity contribution in [2.75, 3.05) is 38.6 Å². The smallest absolute Gasteiger partial charge is 0.201 e.